The third-order valence-electron chi connectivity index (χ3n) is 4.77. The maximum atomic E-state index is 13.6. The zero-order chi connectivity index (χ0) is 21.8. The predicted molar refractivity (Wildman–Crippen MR) is 112 cm³/mol. The fraction of sp³-hybridized carbons (Fsp3) is 0.273. The molecule has 0 aliphatic rings. The second kappa shape index (κ2) is 8.86. The number of hydrogen-bond donors (Lipinski definition) is 1. The van der Waals surface area contributed by atoms with Gasteiger partial charge in [0.1, 0.15) is 5.82 Å². The summed E-state index contributed by atoms with van der Waals surface area (Å²) in [5, 5.41) is 6.77. The van der Waals surface area contributed by atoms with Gasteiger partial charge in [0.25, 0.3) is 11.5 Å². The SMILES string of the molecule is CC[C@H](C)NC(=O)c1nn(-c2ccc(C)cc2)c(=O)n(Cc2cccc(F)c2)c1=O. The van der Waals surface area contributed by atoms with Crippen molar-refractivity contribution < 1.29 is 9.18 Å². The Kier molecular flexibility index (Phi) is 6.25. The van der Waals surface area contributed by atoms with Crippen molar-refractivity contribution in [3.05, 3.63) is 92.0 Å². The van der Waals surface area contributed by atoms with E-state index < -0.39 is 28.7 Å². The van der Waals surface area contributed by atoms with Gasteiger partial charge in [0.2, 0.25) is 5.69 Å². The molecule has 1 heterocycles. The molecule has 1 atom stereocenters. The van der Waals surface area contributed by atoms with E-state index in [-0.39, 0.29) is 12.6 Å². The van der Waals surface area contributed by atoms with Gasteiger partial charge < -0.3 is 5.32 Å². The first kappa shape index (κ1) is 21.2. The van der Waals surface area contributed by atoms with E-state index in [0.717, 1.165) is 14.8 Å². The van der Waals surface area contributed by atoms with E-state index in [1.54, 1.807) is 37.3 Å². The number of carbonyl (C=O) groups excluding carboxylic acids is 1. The van der Waals surface area contributed by atoms with Crippen molar-refractivity contribution in [1.82, 2.24) is 19.7 Å². The average molecular weight is 410 g/mol. The lowest BCUT2D eigenvalue weighted by atomic mass is 10.2. The molecular formula is C22H23FN4O3. The van der Waals surface area contributed by atoms with Crippen LogP contribution < -0.4 is 16.6 Å². The summed E-state index contributed by atoms with van der Waals surface area (Å²) in [7, 11) is 0. The summed E-state index contributed by atoms with van der Waals surface area (Å²) >= 11 is 0. The molecule has 3 aromatic rings. The lowest BCUT2D eigenvalue weighted by molar-refractivity contribution is 0.0929. The molecule has 0 aliphatic carbocycles. The monoisotopic (exact) mass is 410 g/mol. The number of aryl methyl sites for hydroxylation is 1. The normalized spacial score (nSPS) is 11.9. The molecule has 3 rings (SSSR count). The summed E-state index contributed by atoms with van der Waals surface area (Å²) in [6.45, 7) is 5.41. The van der Waals surface area contributed by atoms with Crippen LogP contribution in [-0.4, -0.2) is 26.3 Å². The van der Waals surface area contributed by atoms with Crippen molar-refractivity contribution in [2.75, 3.05) is 0 Å². The Hall–Kier alpha value is -3.55. The zero-order valence-electron chi connectivity index (χ0n) is 17.1. The summed E-state index contributed by atoms with van der Waals surface area (Å²) in [4.78, 5) is 38.7. The first-order chi connectivity index (χ1) is 14.3. The summed E-state index contributed by atoms with van der Waals surface area (Å²) in [6.07, 6.45) is 0.667. The van der Waals surface area contributed by atoms with Crippen LogP contribution in [-0.2, 0) is 6.54 Å². The Balaban J connectivity index is 2.18. The number of amides is 1. The van der Waals surface area contributed by atoms with Crippen LogP contribution in [0.1, 0.15) is 41.9 Å². The van der Waals surface area contributed by atoms with E-state index >= 15 is 0 Å². The predicted octanol–water partition coefficient (Wildman–Crippen LogP) is 2.42. The van der Waals surface area contributed by atoms with Crippen molar-refractivity contribution in [2.24, 2.45) is 0 Å². The van der Waals surface area contributed by atoms with Crippen LogP contribution in [0.15, 0.2) is 58.1 Å². The van der Waals surface area contributed by atoms with Crippen LogP contribution in [0.4, 0.5) is 4.39 Å². The van der Waals surface area contributed by atoms with Crippen LogP contribution in [0.3, 0.4) is 0 Å². The van der Waals surface area contributed by atoms with Crippen molar-refractivity contribution in [1.29, 1.82) is 0 Å². The first-order valence-corrected chi connectivity index (χ1v) is 9.66. The van der Waals surface area contributed by atoms with Crippen LogP contribution in [0.25, 0.3) is 5.69 Å². The average Bonchev–Trinajstić information content (AvgIpc) is 2.72. The molecule has 0 saturated heterocycles. The van der Waals surface area contributed by atoms with Gasteiger partial charge >= 0.3 is 5.69 Å². The maximum Gasteiger partial charge on any atom is 0.352 e. The van der Waals surface area contributed by atoms with Gasteiger partial charge in [0.05, 0.1) is 12.2 Å². The Labute approximate surface area is 172 Å². The highest BCUT2D eigenvalue weighted by atomic mass is 19.1. The summed E-state index contributed by atoms with van der Waals surface area (Å²) in [6, 6.07) is 12.4. The van der Waals surface area contributed by atoms with E-state index in [2.05, 4.69) is 10.4 Å². The molecule has 0 aliphatic heterocycles. The molecule has 156 valence electrons. The summed E-state index contributed by atoms with van der Waals surface area (Å²) < 4.78 is 15.5. The minimum Gasteiger partial charge on any atom is -0.348 e. The molecule has 0 saturated carbocycles. The summed E-state index contributed by atoms with van der Waals surface area (Å²) in [5.41, 5.74) is -0.122. The third kappa shape index (κ3) is 4.53. The molecule has 1 N–H and O–H groups in total. The van der Waals surface area contributed by atoms with Gasteiger partial charge in [-0.15, -0.1) is 0 Å². The minimum atomic E-state index is -0.826. The van der Waals surface area contributed by atoms with E-state index in [1.165, 1.54) is 18.2 Å². The highest BCUT2D eigenvalue weighted by Gasteiger charge is 2.21. The first-order valence-electron chi connectivity index (χ1n) is 9.66. The molecule has 1 amide bonds. The molecule has 8 heteroatoms. The smallest absolute Gasteiger partial charge is 0.348 e. The number of rotatable bonds is 6. The number of nitrogens with one attached hydrogen (secondary N) is 1. The Morgan fingerprint density at radius 1 is 1.17 bits per heavy atom. The second-order valence-corrected chi connectivity index (χ2v) is 7.18. The number of aromatic nitrogens is 3. The molecule has 0 fully saturated rings. The van der Waals surface area contributed by atoms with Gasteiger partial charge in [-0.2, -0.15) is 9.78 Å². The highest BCUT2D eigenvalue weighted by molar-refractivity contribution is 5.91. The van der Waals surface area contributed by atoms with Crippen molar-refractivity contribution in [2.45, 2.75) is 39.8 Å². The lowest BCUT2D eigenvalue weighted by Crippen LogP contribution is -2.47. The van der Waals surface area contributed by atoms with Crippen molar-refractivity contribution in [3.8, 4) is 5.69 Å². The van der Waals surface area contributed by atoms with E-state index in [1.807, 2.05) is 13.8 Å². The van der Waals surface area contributed by atoms with Crippen molar-refractivity contribution in [3.63, 3.8) is 0 Å². The van der Waals surface area contributed by atoms with Gasteiger partial charge in [0.15, 0.2) is 0 Å². The van der Waals surface area contributed by atoms with Crippen LogP contribution in [0.2, 0.25) is 0 Å². The molecular weight excluding hydrogens is 387 g/mol. The third-order valence-corrected chi connectivity index (χ3v) is 4.77. The van der Waals surface area contributed by atoms with Crippen LogP contribution >= 0.6 is 0 Å². The molecule has 0 spiro atoms. The van der Waals surface area contributed by atoms with Gasteiger partial charge in [-0.05, 0) is 50.1 Å². The van der Waals surface area contributed by atoms with Gasteiger partial charge in [-0.25, -0.2) is 9.18 Å². The molecule has 0 bridgehead atoms. The number of nitrogens with zero attached hydrogens (tertiary/aromatic N) is 3. The summed E-state index contributed by atoms with van der Waals surface area (Å²) in [5.74, 6) is -1.15. The Morgan fingerprint density at radius 2 is 1.87 bits per heavy atom. The standard InChI is InChI=1S/C22H23FN4O3/c1-4-15(3)24-20(28)19-21(29)26(13-16-6-5-7-17(23)12-16)22(30)27(25-19)18-10-8-14(2)9-11-18/h5-12,15H,4,13H2,1-3H3,(H,24,28)/t15-/m0/s1. The highest BCUT2D eigenvalue weighted by Crippen LogP contribution is 2.07. The van der Waals surface area contributed by atoms with Gasteiger partial charge in [-0.3, -0.25) is 14.2 Å². The van der Waals surface area contributed by atoms with Gasteiger partial charge in [-0.1, -0.05) is 36.8 Å². The Bertz CT molecular complexity index is 1180. The molecule has 0 radical (unpaired) electrons. The van der Waals surface area contributed by atoms with Crippen LogP contribution in [0, 0.1) is 12.7 Å². The number of benzene rings is 2. The number of halogens is 1. The number of carbonyl (C=O) groups is 1. The van der Waals surface area contributed by atoms with E-state index in [0.29, 0.717) is 17.7 Å². The molecule has 7 nitrogen and oxygen atoms in total. The fourth-order valence-electron chi connectivity index (χ4n) is 2.86. The molecule has 1 aromatic heterocycles. The quantitative estimate of drug-likeness (QED) is 0.676. The van der Waals surface area contributed by atoms with Crippen molar-refractivity contribution >= 4 is 5.91 Å². The second-order valence-electron chi connectivity index (χ2n) is 7.18. The number of hydrogen-bond acceptors (Lipinski definition) is 4. The topological polar surface area (TPSA) is 86.0 Å². The Morgan fingerprint density at radius 3 is 2.50 bits per heavy atom. The molecule has 2 aromatic carbocycles. The largest absolute Gasteiger partial charge is 0.352 e. The fourth-order valence-corrected chi connectivity index (χ4v) is 2.86. The molecule has 30 heavy (non-hydrogen) atoms. The lowest BCUT2D eigenvalue weighted by Gasteiger charge is -2.14. The van der Waals surface area contributed by atoms with Gasteiger partial charge in [0, 0.05) is 6.04 Å². The minimum absolute atomic E-state index is 0.171. The van der Waals surface area contributed by atoms with E-state index in [9.17, 15) is 18.8 Å². The van der Waals surface area contributed by atoms with E-state index in [4.69, 9.17) is 0 Å². The zero-order valence-corrected chi connectivity index (χ0v) is 17.1. The molecule has 0 unspecified atom stereocenters. The van der Waals surface area contributed by atoms with Crippen LogP contribution in [0.5, 0.6) is 0 Å². The maximum absolute atomic E-state index is 13.6.